The van der Waals surface area contributed by atoms with Crippen LogP contribution in [0.4, 0.5) is 0 Å². The average molecular weight is 334 g/mol. The lowest BCUT2D eigenvalue weighted by molar-refractivity contribution is -0.121. The van der Waals surface area contributed by atoms with E-state index >= 15 is 0 Å². The van der Waals surface area contributed by atoms with E-state index in [1.54, 1.807) is 0 Å². The zero-order chi connectivity index (χ0) is 15.1. The summed E-state index contributed by atoms with van der Waals surface area (Å²) >= 11 is 0. The van der Waals surface area contributed by atoms with Crippen molar-refractivity contribution in [2.75, 3.05) is 40.3 Å². The lowest BCUT2D eigenvalue weighted by Gasteiger charge is -2.43. The van der Waals surface area contributed by atoms with Crippen molar-refractivity contribution in [3.8, 4) is 0 Å². The highest BCUT2D eigenvalue weighted by atomic mass is 35.5. The first kappa shape index (κ1) is 19.7. The lowest BCUT2D eigenvalue weighted by atomic mass is 9.80. The van der Waals surface area contributed by atoms with E-state index in [9.17, 15) is 4.79 Å². The fraction of sp³-hybridized carbons (Fsp3) is 0.938. The third-order valence-corrected chi connectivity index (χ3v) is 5.03. The van der Waals surface area contributed by atoms with Gasteiger partial charge < -0.3 is 20.3 Å². The predicted octanol–water partition coefficient (Wildman–Crippen LogP) is 1.56. The Hall–Kier alpha value is -0.360. The normalized spacial score (nSPS) is 24.0. The first-order chi connectivity index (χ1) is 10.1. The van der Waals surface area contributed by atoms with E-state index in [2.05, 4.69) is 29.6 Å². The molecule has 6 heteroatoms. The van der Waals surface area contributed by atoms with Gasteiger partial charge in [-0.25, -0.2) is 0 Å². The smallest absolute Gasteiger partial charge is 0.234 e. The SMILES string of the molecule is CN(C)C1(CNC(=O)CNCC2CCCO2)CCCCC1.Cl. The fourth-order valence-electron chi connectivity index (χ4n) is 3.47. The quantitative estimate of drug-likeness (QED) is 0.742. The van der Waals surface area contributed by atoms with Gasteiger partial charge in [0.15, 0.2) is 0 Å². The number of carbonyl (C=O) groups excluding carboxylic acids is 1. The summed E-state index contributed by atoms with van der Waals surface area (Å²) in [5, 5.41) is 6.32. The molecule has 1 amide bonds. The van der Waals surface area contributed by atoms with Gasteiger partial charge in [0.05, 0.1) is 12.6 Å². The Bertz CT molecular complexity index is 327. The van der Waals surface area contributed by atoms with Crippen LogP contribution in [0.1, 0.15) is 44.9 Å². The maximum Gasteiger partial charge on any atom is 0.234 e. The molecule has 2 N–H and O–H groups in total. The highest BCUT2D eigenvalue weighted by molar-refractivity contribution is 5.85. The molecule has 0 radical (unpaired) electrons. The molecule has 22 heavy (non-hydrogen) atoms. The molecule has 1 aliphatic carbocycles. The molecular formula is C16H32ClN3O2. The van der Waals surface area contributed by atoms with Gasteiger partial charge in [-0.05, 0) is 39.8 Å². The van der Waals surface area contributed by atoms with Crippen molar-refractivity contribution in [3.05, 3.63) is 0 Å². The van der Waals surface area contributed by atoms with Gasteiger partial charge in [0.25, 0.3) is 0 Å². The molecule has 2 rings (SSSR count). The van der Waals surface area contributed by atoms with Crippen molar-refractivity contribution in [1.29, 1.82) is 0 Å². The molecule has 130 valence electrons. The van der Waals surface area contributed by atoms with Crippen LogP contribution in [0.3, 0.4) is 0 Å². The van der Waals surface area contributed by atoms with Crippen LogP contribution >= 0.6 is 12.4 Å². The molecule has 2 fully saturated rings. The molecule has 0 aromatic carbocycles. The third kappa shape index (κ3) is 5.69. The second-order valence-corrected chi connectivity index (χ2v) is 6.72. The molecule has 1 heterocycles. The number of nitrogens with one attached hydrogen (secondary N) is 2. The minimum absolute atomic E-state index is 0. The number of nitrogens with zero attached hydrogens (tertiary/aromatic N) is 1. The summed E-state index contributed by atoms with van der Waals surface area (Å²) in [5.74, 6) is 0.0970. The minimum atomic E-state index is 0. The number of amides is 1. The van der Waals surface area contributed by atoms with Crippen LogP contribution in [-0.4, -0.2) is 62.8 Å². The van der Waals surface area contributed by atoms with E-state index in [0.717, 1.165) is 32.5 Å². The summed E-state index contributed by atoms with van der Waals surface area (Å²) in [7, 11) is 4.26. The van der Waals surface area contributed by atoms with E-state index < -0.39 is 0 Å². The molecular weight excluding hydrogens is 302 g/mol. The van der Waals surface area contributed by atoms with E-state index in [1.807, 2.05) is 0 Å². The second kappa shape index (κ2) is 9.71. The number of likely N-dealkylation sites (N-methyl/N-ethyl adjacent to an activating group) is 1. The number of carbonyl (C=O) groups is 1. The zero-order valence-corrected chi connectivity index (χ0v) is 14.8. The largest absolute Gasteiger partial charge is 0.377 e. The molecule has 1 saturated heterocycles. The van der Waals surface area contributed by atoms with Crippen LogP contribution in [-0.2, 0) is 9.53 Å². The van der Waals surface area contributed by atoms with Gasteiger partial charge in [-0.2, -0.15) is 0 Å². The summed E-state index contributed by atoms with van der Waals surface area (Å²) in [6.07, 6.45) is 8.78. The molecule has 1 atom stereocenters. The maximum atomic E-state index is 12.0. The molecule has 5 nitrogen and oxygen atoms in total. The van der Waals surface area contributed by atoms with Crippen LogP contribution in [0.5, 0.6) is 0 Å². The van der Waals surface area contributed by atoms with Gasteiger partial charge in [0.2, 0.25) is 5.91 Å². The molecule has 0 aromatic rings. The fourth-order valence-corrected chi connectivity index (χ4v) is 3.47. The van der Waals surface area contributed by atoms with Gasteiger partial charge in [-0.15, -0.1) is 12.4 Å². The highest BCUT2D eigenvalue weighted by Gasteiger charge is 2.34. The van der Waals surface area contributed by atoms with Crippen LogP contribution < -0.4 is 10.6 Å². The van der Waals surface area contributed by atoms with Gasteiger partial charge in [-0.3, -0.25) is 4.79 Å². The van der Waals surface area contributed by atoms with Gasteiger partial charge in [0, 0.05) is 25.2 Å². The first-order valence-electron chi connectivity index (χ1n) is 8.39. The molecule has 2 aliphatic rings. The number of ether oxygens (including phenoxy) is 1. The highest BCUT2D eigenvalue weighted by Crippen LogP contribution is 2.31. The van der Waals surface area contributed by atoms with E-state index in [4.69, 9.17) is 4.74 Å². The van der Waals surface area contributed by atoms with E-state index in [0.29, 0.717) is 12.6 Å². The summed E-state index contributed by atoms with van der Waals surface area (Å²) in [6.45, 7) is 2.81. The van der Waals surface area contributed by atoms with Gasteiger partial charge in [0.1, 0.15) is 0 Å². The number of hydrogen-bond donors (Lipinski definition) is 2. The Kier molecular flexibility index (Phi) is 8.69. The Morgan fingerprint density at radius 2 is 1.95 bits per heavy atom. The van der Waals surface area contributed by atoms with E-state index in [1.165, 1.54) is 32.1 Å². The monoisotopic (exact) mass is 333 g/mol. The summed E-state index contributed by atoms with van der Waals surface area (Å²) in [4.78, 5) is 14.3. The molecule has 0 aromatic heterocycles. The second-order valence-electron chi connectivity index (χ2n) is 6.72. The number of rotatable bonds is 7. The van der Waals surface area contributed by atoms with Crippen molar-refractivity contribution in [1.82, 2.24) is 15.5 Å². The van der Waals surface area contributed by atoms with Crippen molar-refractivity contribution < 1.29 is 9.53 Å². The maximum absolute atomic E-state index is 12.0. The van der Waals surface area contributed by atoms with Crippen molar-refractivity contribution in [2.24, 2.45) is 0 Å². The number of halogens is 1. The average Bonchev–Trinajstić information content (AvgIpc) is 2.99. The van der Waals surface area contributed by atoms with Crippen molar-refractivity contribution in [3.63, 3.8) is 0 Å². The van der Waals surface area contributed by atoms with Gasteiger partial charge >= 0.3 is 0 Å². The van der Waals surface area contributed by atoms with Crippen LogP contribution in [0, 0.1) is 0 Å². The molecule has 1 aliphatic heterocycles. The standard InChI is InChI=1S/C16H31N3O2.ClH/c1-19(2)16(8-4-3-5-9-16)13-18-15(20)12-17-11-14-7-6-10-21-14;/h14,17H,3-13H2,1-2H3,(H,18,20);1H. The van der Waals surface area contributed by atoms with Gasteiger partial charge in [-0.1, -0.05) is 19.3 Å². The Morgan fingerprint density at radius 3 is 2.55 bits per heavy atom. The van der Waals surface area contributed by atoms with Crippen molar-refractivity contribution in [2.45, 2.75) is 56.6 Å². The Labute approximate surface area is 140 Å². The predicted molar refractivity (Wildman–Crippen MR) is 91.6 cm³/mol. The summed E-state index contributed by atoms with van der Waals surface area (Å²) in [6, 6.07) is 0. The van der Waals surface area contributed by atoms with Crippen molar-refractivity contribution >= 4 is 18.3 Å². The van der Waals surface area contributed by atoms with E-state index in [-0.39, 0.29) is 23.9 Å². The first-order valence-corrected chi connectivity index (χ1v) is 8.39. The summed E-state index contributed by atoms with van der Waals surface area (Å²) in [5.41, 5.74) is 0.155. The van der Waals surface area contributed by atoms with Crippen LogP contribution in [0.25, 0.3) is 0 Å². The summed E-state index contributed by atoms with van der Waals surface area (Å²) < 4.78 is 5.54. The Morgan fingerprint density at radius 1 is 1.23 bits per heavy atom. The molecule has 0 spiro atoms. The van der Waals surface area contributed by atoms with Crippen LogP contribution in [0.15, 0.2) is 0 Å². The molecule has 0 bridgehead atoms. The Balaban J connectivity index is 0.00000242. The third-order valence-electron chi connectivity index (χ3n) is 5.03. The molecule has 1 saturated carbocycles. The van der Waals surface area contributed by atoms with Crippen LogP contribution in [0.2, 0.25) is 0 Å². The number of hydrogen-bond acceptors (Lipinski definition) is 4. The lowest BCUT2D eigenvalue weighted by Crippen LogP contribution is -2.54. The minimum Gasteiger partial charge on any atom is -0.377 e. The zero-order valence-electron chi connectivity index (χ0n) is 14.0. The molecule has 1 unspecified atom stereocenters. The topological polar surface area (TPSA) is 53.6 Å².